The molecule has 0 amide bonds. The van der Waals surface area contributed by atoms with Crippen LogP contribution in [0.1, 0.15) is 19.6 Å². The van der Waals surface area contributed by atoms with Gasteiger partial charge in [0.25, 0.3) is 5.56 Å². The molecule has 4 heterocycles. The highest BCUT2D eigenvalue weighted by Crippen LogP contribution is 2.55. The van der Waals surface area contributed by atoms with E-state index in [1.54, 1.807) is 4.57 Å². The molecule has 2 aliphatic rings. The number of nitrogens with two attached hydrogens (primary N) is 1. The molecule has 2 saturated heterocycles. The number of nitrogens with one attached hydrogen (secondary N) is 1. The minimum absolute atomic E-state index is 0.0310. The first kappa shape index (κ1) is 18.0. The van der Waals surface area contributed by atoms with Crippen LogP contribution in [-0.2, 0) is 30.3 Å². The molecule has 4 rings (SSSR count). The second kappa shape index (κ2) is 6.06. The van der Waals surface area contributed by atoms with E-state index in [4.69, 9.17) is 36.1 Å². The summed E-state index contributed by atoms with van der Waals surface area (Å²) in [6.45, 7) is -1.21. The van der Waals surface area contributed by atoms with Crippen molar-refractivity contribution >= 4 is 35.6 Å². The fourth-order valence-corrected chi connectivity index (χ4v) is 4.38. The van der Waals surface area contributed by atoms with Gasteiger partial charge in [0.2, 0.25) is 5.95 Å². The summed E-state index contributed by atoms with van der Waals surface area (Å²) in [4.78, 5) is 32.7. The Morgan fingerprint density at radius 3 is 3.12 bits per heavy atom. The molecular weight excluding hydrogens is 385 g/mol. The maximum atomic E-state index is 12.0. The SMILES string of the molecule is CCC12COC(C1OP(O)(=S)OC)[C@H](n1cnc3c(=O)[nH]c(N)nc31)O2. The predicted molar refractivity (Wildman–Crippen MR) is 93.8 cm³/mol. The molecule has 0 radical (unpaired) electrons. The zero-order chi connectivity index (χ0) is 18.7. The van der Waals surface area contributed by atoms with Gasteiger partial charge in [-0.1, -0.05) is 6.92 Å². The van der Waals surface area contributed by atoms with Gasteiger partial charge < -0.3 is 24.6 Å². The van der Waals surface area contributed by atoms with Gasteiger partial charge in [0, 0.05) is 7.11 Å². The van der Waals surface area contributed by atoms with Crippen LogP contribution in [0.5, 0.6) is 0 Å². The van der Waals surface area contributed by atoms with Crippen LogP contribution >= 0.6 is 6.72 Å². The largest absolute Gasteiger partial charge is 0.369 e. The number of fused-ring (bicyclic) bond motifs is 3. The van der Waals surface area contributed by atoms with Crippen molar-refractivity contribution in [3.8, 4) is 0 Å². The molecule has 2 bridgehead atoms. The van der Waals surface area contributed by atoms with E-state index in [-0.39, 0.29) is 23.7 Å². The van der Waals surface area contributed by atoms with E-state index in [0.717, 1.165) is 0 Å². The predicted octanol–water partition coefficient (Wildman–Crippen LogP) is 0.0266. The molecule has 0 aromatic carbocycles. The zero-order valence-corrected chi connectivity index (χ0v) is 15.7. The number of H-pyrrole nitrogens is 1. The smallest absolute Gasteiger partial charge is 0.324 e. The van der Waals surface area contributed by atoms with Crippen LogP contribution in [0.15, 0.2) is 11.1 Å². The highest BCUT2D eigenvalue weighted by molar-refractivity contribution is 8.07. The quantitative estimate of drug-likeness (QED) is 0.584. The number of ether oxygens (including phenoxy) is 2. The van der Waals surface area contributed by atoms with Crippen LogP contribution in [0.3, 0.4) is 0 Å². The summed E-state index contributed by atoms with van der Waals surface area (Å²) >= 11 is 4.98. The highest BCUT2D eigenvalue weighted by Gasteiger charge is 2.63. The Hall–Kier alpha value is -1.40. The maximum Gasteiger partial charge on any atom is 0.324 e. The number of nitrogens with zero attached hydrogens (tertiary/aromatic N) is 3. The maximum absolute atomic E-state index is 12.0. The van der Waals surface area contributed by atoms with E-state index in [9.17, 15) is 9.69 Å². The minimum atomic E-state index is -3.42. The molecule has 11 nitrogen and oxygen atoms in total. The van der Waals surface area contributed by atoms with Crippen molar-refractivity contribution in [3.05, 3.63) is 16.7 Å². The van der Waals surface area contributed by atoms with Crippen molar-refractivity contribution < 1.29 is 23.4 Å². The van der Waals surface area contributed by atoms with E-state index in [1.807, 2.05) is 6.92 Å². The third-order valence-corrected chi connectivity index (χ3v) is 6.43. The number of imidazole rings is 1. The molecule has 2 aliphatic heterocycles. The van der Waals surface area contributed by atoms with Crippen LogP contribution in [0.4, 0.5) is 5.95 Å². The minimum Gasteiger partial charge on any atom is -0.369 e. The Balaban J connectivity index is 1.76. The average molecular weight is 403 g/mol. The third kappa shape index (κ3) is 2.61. The highest BCUT2D eigenvalue weighted by atomic mass is 32.5. The molecule has 0 aliphatic carbocycles. The number of hydrogen-bond acceptors (Lipinski definition) is 9. The van der Waals surface area contributed by atoms with Crippen LogP contribution in [0.25, 0.3) is 11.2 Å². The summed E-state index contributed by atoms with van der Waals surface area (Å²) in [6.07, 6.45) is 0.114. The molecule has 5 atom stereocenters. The van der Waals surface area contributed by atoms with E-state index < -0.39 is 36.3 Å². The Labute approximate surface area is 152 Å². The lowest BCUT2D eigenvalue weighted by Gasteiger charge is -2.31. The lowest BCUT2D eigenvalue weighted by atomic mass is 9.96. The normalized spacial score (nSPS) is 33.0. The second-order valence-corrected chi connectivity index (χ2v) is 9.05. The molecule has 2 fully saturated rings. The van der Waals surface area contributed by atoms with E-state index in [0.29, 0.717) is 6.42 Å². The molecule has 2 aromatic rings. The van der Waals surface area contributed by atoms with Crippen molar-refractivity contribution in [1.82, 2.24) is 19.5 Å². The number of nitrogen functional groups attached to an aromatic ring is 1. The molecule has 0 spiro atoms. The van der Waals surface area contributed by atoms with Crippen molar-refractivity contribution in [2.24, 2.45) is 0 Å². The summed E-state index contributed by atoms with van der Waals surface area (Å²) in [5.41, 5.74) is 4.81. The van der Waals surface area contributed by atoms with Crippen molar-refractivity contribution in [2.75, 3.05) is 19.5 Å². The monoisotopic (exact) mass is 403 g/mol. The van der Waals surface area contributed by atoms with Crippen LogP contribution in [0, 0.1) is 0 Å². The first-order chi connectivity index (χ1) is 12.3. The molecule has 4 N–H and O–H groups in total. The Kier molecular flexibility index (Phi) is 4.19. The van der Waals surface area contributed by atoms with Gasteiger partial charge in [-0.25, -0.2) is 4.98 Å². The van der Waals surface area contributed by atoms with Crippen molar-refractivity contribution in [2.45, 2.75) is 37.4 Å². The topological polar surface area (TPSA) is 147 Å². The zero-order valence-electron chi connectivity index (χ0n) is 14.0. The molecule has 142 valence electrons. The second-order valence-electron chi connectivity index (χ2n) is 6.15. The summed E-state index contributed by atoms with van der Waals surface area (Å²) in [5.74, 6) is -0.0310. The third-order valence-electron chi connectivity index (χ3n) is 4.77. The summed E-state index contributed by atoms with van der Waals surface area (Å²) in [5, 5.41) is 0. The van der Waals surface area contributed by atoms with E-state index in [2.05, 4.69) is 15.0 Å². The lowest BCUT2D eigenvalue weighted by Crippen LogP contribution is -2.40. The van der Waals surface area contributed by atoms with Crippen LogP contribution in [-0.4, -0.2) is 55.9 Å². The summed E-state index contributed by atoms with van der Waals surface area (Å²) in [6, 6.07) is 0. The van der Waals surface area contributed by atoms with Gasteiger partial charge in [-0.15, -0.1) is 0 Å². The van der Waals surface area contributed by atoms with Gasteiger partial charge in [0.1, 0.15) is 17.8 Å². The van der Waals surface area contributed by atoms with E-state index >= 15 is 0 Å². The number of rotatable bonds is 5. The molecule has 4 unspecified atom stereocenters. The Morgan fingerprint density at radius 2 is 2.42 bits per heavy atom. The van der Waals surface area contributed by atoms with Gasteiger partial charge in [-0.05, 0) is 18.2 Å². The van der Waals surface area contributed by atoms with Gasteiger partial charge in [-0.2, -0.15) is 4.98 Å². The number of aromatic nitrogens is 4. The fourth-order valence-electron chi connectivity index (χ4n) is 3.42. The lowest BCUT2D eigenvalue weighted by molar-refractivity contribution is -0.172. The molecule has 13 heteroatoms. The van der Waals surface area contributed by atoms with Crippen LogP contribution < -0.4 is 11.3 Å². The van der Waals surface area contributed by atoms with Gasteiger partial charge >= 0.3 is 6.72 Å². The van der Waals surface area contributed by atoms with Crippen LogP contribution in [0.2, 0.25) is 0 Å². The molecule has 2 aromatic heterocycles. The average Bonchev–Trinajstić information content (AvgIpc) is 3.25. The number of anilines is 1. The summed E-state index contributed by atoms with van der Waals surface area (Å²) in [7, 11) is 1.29. The molecular formula is C13H18N5O6PS. The number of aromatic amines is 1. The fraction of sp³-hybridized carbons (Fsp3) is 0.615. The van der Waals surface area contributed by atoms with Gasteiger partial charge in [0.05, 0.1) is 12.9 Å². The van der Waals surface area contributed by atoms with Gasteiger partial charge in [-0.3, -0.25) is 18.9 Å². The molecule has 0 saturated carbocycles. The Morgan fingerprint density at radius 1 is 1.65 bits per heavy atom. The van der Waals surface area contributed by atoms with E-state index in [1.165, 1.54) is 13.4 Å². The summed E-state index contributed by atoms with van der Waals surface area (Å²) < 4.78 is 24.2. The van der Waals surface area contributed by atoms with Crippen molar-refractivity contribution in [3.63, 3.8) is 0 Å². The van der Waals surface area contributed by atoms with Crippen molar-refractivity contribution in [1.29, 1.82) is 0 Å². The molecule has 26 heavy (non-hydrogen) atoms. The Bertz CT molecular complexity index is 964. The first-order valence-electron chi connectivity index (χ1n) is 7.89. The first-order valence-corrected chi connectivity index (χ1v) is 10.5. The standard InChI is InChI=1S/C13H18N5O6PS/c1-3-13-4-22-7(8(13)24-25(20,26)21-2)11(23-13)18-5-15-6-9(18)16-12(14)17-10(6)19/h5,7-8,11H,3-4H2,1-2H3,(H,20,26)(H3,14,16,17,19)/t7?,8?,11-,13?,25?/m1/s1. The number of hydrogen-bond donors (Lipinski definition) is 3. The van der Waals surface area contributed by atoms with Gasteiger partial charge in [0.15, 0.2) is 17.4 Å².